The lowest BCUT2D eigenvalue weighted by atomic mass is 10.1. The van der Waals surface area contributed by atoms with Crippen molar-refractivity contribution in [2.45, 2.75) is 12.4 Å². The van der Waals surface area contributed by atoms with E-state index < -0.39 is 22.2 Å². The van der Waals surface area contributed by atoms with Gasteiger partial charge in [-0.1, -0.05) is 12.1 Å². The fourth-order valence-corrected chi connectivity index (χ4v) is 2.42. The van der Waals surface area contributed by atoms with E-state index in [1.165, 1.54) is 18.2 Å². The van der Waals surface area contributed by atoms with E-state index >= 15 is 0 Å². The molecular weight excluding hydrogens is 304 g/mol. The standard InChI is InChI=1S/C15H12N2O6/c18-16(19)11-7-5-10(6-8-11)15-22-9-14(23-15)12-3-1-2-4-13(12)17(20)21/h1-8,14-15H,9H2/t14-,15-/m0/s1. The van der Waals surface area contributed by atoms with Crippen LogP contribution in [0.15, 0.2) is 48.5 Å². The van der Waals surface area contributed by atoms with Gasteiger partial charge in [0.2, 0.25) is 0 Å². The Morgan fingerprint density at radius 2 is 1.65 bits per heavy atom. The van der Waals surface area contributed by atoms with Crippen LogP contribution in [-0.2, 0) is 9.47 Å². The fourth-order valence-electron chi connectivity index (χ4n) is 2.42. The molecule has 1 saturated heterocycles. The van der Waals surface area contributed by atoms with Gasteiger partial charge in [0.05, 0.1) is 22.0 Å². The van der Waals surface area contributed by atoms with Crippen molar-refractivity contribution in [3.63, 3.8) is 0 Å². The molecule has 0 amide bonds. The van der Waals surface area contributed by atoms with Crippen LogP contribution in [0.1, 0.15) is 23.5 Å². The molecule has 0 aromatic heterocycles. The number of hydrogen-bond acceptors (Lipinski definition) is 6. The molecule has 23 heavy (non-hydrogen) atoms. The van der Waals surface area contributed by atoms with Crippen LogP contribution in [0.5, 0.6) is 0 Å². The molecular formula is C15H12N2O6. The van der Waals surface area contributed by atoms with Gasteiger partial charge >= 0.3 is 0 Å². The molecule has 0 spiro atoms. The van der Waals surface area contributed by atoms with E-state index in [0.717, 1.165) is 0 Å². The number of nitro benzene ring substituents is 2. The topological polar surface area (TPSA) is 105 Å². The molecule has 1 heterocycles. The first-order valence-corrected chi connectivity index (χ1v) is 6.81. The largest absolute Gasteiger partial charge is 0.345 e. The normalized spacial score (nSPS) is 20.3. The minimum absolute atomic E-state index is 0.0227. The lowest BCUT2D eigenvalue weighted by molar-refractivity contribution is -0.386. The summed E-state index contributed by atoms with van der Waals surface area (Å²) in [6.45, 7) is 0.173. The summed E-state index contributed by atoms with van der Waals surface area (Å²) in [6.07, 6.45) is -1.27. The maximum absolute atomic E-state index is 11.1. The van der Waals surface area contributed by atoms with Crippen molar-refractivity contribution in [3.05, 3.63) is 79.9 Å². The second kappa shape index (κ2) is 6.11. The Morgan fingerprint density at radius 1 is 0.957 bits per heavy atom. The van der Waals surface area contributed by atoms with Crippen molar-refractivity contribution in [2.75, 3.05) is 6.61 Å². The van der Waals surface area contributed by atoms with Gasteiger partial charge in [-0.3, -0.25) is 20.2 Å². The van der Waals surface area contributed by atoms with E-state index in [1.807, 2.05) is 0 Å². The van der Waals surface area contributed by atoms with E-state index in [9.17, 15) is 20.2 Å². The molecule has 0 aliphatic carbocycles. The molecule has 118 valence electrons. The van der Waals surface area contributed by atoms with Crippen LogP contribution < -0.4 is 0 Å². The van der Waals surface area contributed by atoms with Crippen LogP contribution in [0.2, 0.25) is 0 Å². The molecule has 8 nitrogen and oxygen atoms in total. The van der Waals surface area contributed by atoms with Crippen LogP contribution in [-0.4, -0.2) is 16.5 Å². The monoisotopic (exact) mass is 316 g/mol. The van der Waals surface area contributed by atoms with Crippen molar-refractivity contribution in [1.29, 1.82) is 0 Å². The first kappa shape index (κ1) is 15.1. The zero-order valence-electron chi connectivity index (χ0n) is 11.8. The minimum atomic E-state index is -0.708. The van der Waals surface area contributed by atoms with E-state index in [0.29, 0.717) is 11.1 Å². The van der Waals surface area contributed by atoms with Crippen LogP contribution in [0, 0.1) is 20.2 Å². The van der Waals surface area contributed by atoms with Crippen molar-refractivity contribution in [2.24, 2.45) is 0 Å². The van der Waals surface area contributed by atoms with Gasteiger partial charge in [-0.2, -0.15) is 0 Å². The highest BCUT2D eigenvalue weighted by atomic mass is 16.7. The second-order valence-electron chi connectivity index (χ2n) is 4.95. The molecule has 1 fully saturated rings. The Morgan fingerprint density at radius 3 is 2.30 bits per heavy atom. The number of benzene rings is 2. The Balaban J connectivity index is 1.79. The molecule has 2 aromatic carbocycles. The molecule has 2 aromatic rings. The molecule has 0 unspecified atom stereocenters. The van der Waals surface area contributed by atoms with E-state index in [1.54, 1.807) is 30.3 Å². The summed E-state index contributed by atoms with van der Waals surface area (Å²) in [6, 6.07) is 12.1. The molecule has 2 atom stereocenters. The van der Waals surface area contributed by atoms with Gasteiger partial charge in [0.1, 0.15) is 6.10 Å². The van der Waals surface area contributed by atoms with Crippen LogP contribution in [0.25, 0.3) is 0 Å². The summed E-state index contributed by atoms with van der Waals surface area (Å²) in [5.74, 6) is 0. The average molecular weight is 316 g/mol. The van der Waals surface area contributed by atoms with Crippen LogP contribution in [0.3, 0.4) is 0 Å². The van der Waals surface area contributed by atoms with E-state index in [2.05, 4.69) is 0 Å². The van der Waals surface area contributed by atoms with Gasteiger partial charge in [0, 0.05) is 23.8 Å². The molecule has 8 heteroatoms. The third-order valence-electron chi connectivity index (χ3n) is 3.54. The van der Waals surface area contributed by atoms with Gasteiger partial charge in [0.25, 0.3) is 11.4 Å². The van der Waals surface area contributed by atoms with Crippen LogP contribution >= 0.6 is 0 Å². The number of hydrogen-bond donors (Lipinski definition) is 0. The van der Waals surface area contributed by atoms with Crippen molar-refractivity contribution >= 4 is 11.4 Å². The van der Waals surface area contributed by atoms with Gasteiger partial charge in [-0.25, -0.2) is 0 Å². The van der Waals surface area contributed by atoms with E-state index in [4.69, 9.17) is 9.47 Å². The maximum Gasteiger partial charge on any atom is 0.275 e. The highest BCUT2D eigenvalue weighted by Gasteiger charge is 2.32. The summed E-state index contributed by atoms with van der Waals surface area (Å²) < 4.78 is 11.3. The molecule has 0 bridgehead atoms. The number of nitrogens with zero attached hydrogens (tertiary/aromatic N) is 2. The van der Waals surface area contributed by atoms with Gasteiger partial charge in [0.15, 0.2) is 6.29 Å². The summed E-state index contributed by atoms with van der Waals surface area (Å²) in [7, 11) is 0. The second-order valence-corrected chi connectivity index (χ2v) is 4.95. The average Bonchev–Trinajstić information content (AvgIpc) is 3.04. The molecule has 1 aliphatic rings. The Labute approximate surface area is 130 Å². The number of nitro groups is 2. The molecule has 1 aliphatic heterocycles. The fraction of sp³-hybridized carbons (Fsp3) is 0.200. The Bertz CT molecular complexity index is 746. The Kier molecular flexibility index (Phi) is 4.00. The smallest absolute Gasteiger partial charge is 0.275 e. The van der Waals surface area contributed by atoms with Crippen molar-refractivity contribution < 1.29 is 19.3 Å². The summed E-state index contributed by atoms with van der Waals surface area (Å²) in [4.78, 5) is 20.8. The SMILES string of the molecule is O=[N+]([O-])c1ccc([C@H]2OC[C@@H](c3ccccc3[N+](=O)[O-])O2)cc1. The number of non-ortho nitro benzene ring substituents is 1. The third-order valence-corrected chi connectivity index (χ3v) is 3.54. The number of para-hydroxylation sites is 1. The van der Waals surface area contributed by atoms with Crippen molar-refractivity contribution in [1.82, 2.24) is 0 Å². The summed E-state index contributed by atoms with van der Waals surface area (Å²) in [5, 5.41) is 21.7. The molecule has 3 rings (SSSR count). The highest BCUT2D eigenvalue weighted by molar-refractivity contribution is 5.42. The van der Waals surface area contributed by atoms with E-state index in [-0.39, 0.29) is 18.0 Å². The zero-order chi connectivity index (χ0) is 16.4. The molecule has 0 saturated carbocycles. The third kappa shape index (κ3) is 3.03. The first-order chi connectivity index (χ1) is 11.1. The number of ether oxygens (including phenoxy) is 2. The highest BCUT2D eigenvalue weighted by Crippen LogP contribution is 2.38. The lowest BCUT2D eigenvalue weighted by Gasteiger charge is -2.12. The van der Waals surface area contributed by atoms with Gasteiger partial charge < -0.3 is 9.47 Å². The van der Waals surface area contributed by atoms with Gasteiger partial charge in [-0.15, -0.1) is 0 Å². The first-order valence-electron chi connectivity index (χ1n) is 6.81. The maximum atomic E-state index is 11.1. The zero-order valence-corrected chi connectivity index (χ0v) is 11.8. The molecule has 0 radical (unpaired) electrons. The summed E-state index contributed by atoms with van der Waals surface area (Å²) >= 11 is 0. The Hall–Kier alpha value is -2.84. The minimum Gasteiger partial charge on any atom is -0.345 e. The lowest BCUT2D eigenvalue weighted by Crippen LogP contribution is -2.04. The van der Waals surface area contributed by atoms with Crippen LogP contribution in [0.4, 0.5) is 11.4 Å². The predicted octanol–water partition coefficient (Wildman–Crippen LogP) is 3.29. The number of rotatable bonds is 4. The molecule has 0 N–H and O–H groups in total. The van der Waals surface area contributed by atoms with Crippen molar-refractivity contribution in [3.8, 4) is 0 Å². The summed E-state index contributed by atoms with van der Waals surface area (Å²) in [5.41, 5.74) is 1.02. The van der Waals surface area contributed by atoms with Gasteiger partial charge in [-0.05, 0) is 18.2 Å². The predicted molar refractivity (Wildman–Crippen MR) is 78.7 cm³/mol. The quantitative estimate of drug-likeness (QED) is 0.633.